The number of fused-ring (bicyclic) bond motifs is 3. The predicted molar refractivity (Wildman–Crippen MR) is 60.5 cm³/mol. The second kappa shape index (κ2) is 3.35. The van der Waals surface area contributed by atoms with Crippen LogP contribution in [0.1, 0.15) is 5.69 Å². The van der Waals surface area contributed by atoms with Crippen LogP contribution in [0.4, 0.5) is 8.78 Å². The lowest BCUT2D eigenvalue weighted by atomic mass is 10.2. The van der Waals surface area contributed by atoms with Gasteiger partial charge in [0, 0.05) is 24.5 Å². The maximum absolute atomic E-state index is 13.2. The van der Waals surface area contributed by atoms with Crippen LogP contribution >= 0.6 is 0 Å². The second-order valence-corrected chi connectivity index (χ2v) is 3.58. The zero-order valence-corrected chi connectivity index (χ0v) is 8.69. The molecular formula is C12H7F2N3. The lowest BCUT2D eigenvalue weighted by Gasteiger charge is -2.05. The Morgan fingerprint density at radius 2 is 2.00 bits per heavy atom. The van der Waals surface area contributed by atoms with E-state index >= 15 is 0 Å². The molecule has 17 heavy (non-hydrogen) atoms. The fourth-order valence-electron chi connectivity index (χ4n) is 1.81. The van der Waals surface area contributed by atoms with Crippen molar-refractivity contribution in [2.75, 3.05) is 0 Å². The monoisotopic (exact) mass is 231 g/mol. The zero-order valence-electron chi connectivity index (χ0n) is 8.69. The summed E-state index contributed by atoms with van der Waals surface area (Å²) in [4.78, 5) is 8.29. The Bertz CT molecular complexity index is 746. The number of rotatable bonds is 1. The summed E-state index contributed by atoms with van der Waals surface area (Å²) in [6, 6.07) is 2.18. The van der Waals surface area contributed by atoms with Crippen LogP contribution in [0.5, 0.6) is 0 Å². The molecule has 0 saturated carbocycles. The summed E-state index contributed by atoms with van der Waals surface area (Å²) < 4.78 is 28.0. The summed E-state index contributed by atoms with van der Waals surface area (Å²) >= 11 is 0. The molecule has 0 fully saturated rings. The Labute approximate surface area is 95.0 Å². The molecule has 0 unspecified atom stereocenters. The fourth-order valence-corrected chi connectivity index (χ4v) is 1.81. The Balaban J connectivity index is 2.58. The first-order valence-corrected chi connectivity index (χ1v) is 4.95. The topological polar surface area (TPSA) is 30.2 Å². The van der Waals surface area contributed by atoms with Gasteiger partial charge in [-0.3, -0.25) is 4.40 Å². The third-order valence-corrected chi connectivity index (χ3v) is 2.58. The summed E-state index contributed by atoms with van der Waals surface area (Å²) in [6.45, 7) is 3.62. The van der Waals surface area contributed by atoms with Crippen molar-refractivity contribution in [2.24, 2.45) is 0 Å². The van der Waals surface area contributed by atoms with Crippen LogP contribution in [0, 0.1) is 11.6 Å². The molecular weight excluding hydrogens is 224 g/mol. The minimum Gasteiger partial charge on any atom is -0.296 e. The molecule has 0 N–H and O–H groups in total. The normalized spacial score (nSPS) is 11.2. The van der Waals surface area contributed by atoms with Crippen molar-refractivity contribution < 1.29 is 8.78 Å². The van der Waals surface area contributed by atoms with Gasteiger partial charge in [-0.15, -0.1) is 0 Å². The van der Waals surface area contributed by atoms with Crippen molar-refractivity contribution in [3.05, 3.63) is 48.4 Å². The van der Waals surface area contributed by atoms with Crippen LogP contribution in [0.25, 0.3) is 22.8 Å². The van der Waals surface area contributed by atoms with Crippen molar-refractivity contribution >= 4 is 22.8 Å². The van der Waals surface area contributed by atoms with E-state index in [1.54, 1.807) is 16.8 Å². The zero-order chi connectivity index (χ0) is 12.0. The van der Waals surface area contributed by atoms with Gasteiger partial charge in [0.25, 0.3) is 0 Å². The third kappa shape index (κ3) is 1.32. The van der Waals surface area contributed by atoms with Crippen molar-refractivity contribution in [3.8, 4) is 0 Å². The highest BCUT2D eigenvalue weighted by molar-refractivity contribution is 5.81. The Hall–Kier alpha value is -2.30. The number of hydrogen-bond acceptors (Lipinski definition) is 2. The standard InChI is InChI=1S/C12H7F2N3/c1-2-9-12-15-3-4-17(12)11-6-8(14)7(13)5-10(11)16-9/h2-6H,1H2. The van der Waals surface area contributed by atoms with E-state index in [4.69, 9.17) is 0 Å². The molecule has 3 aromatic rings. The SMILES string of the molecule is C=Cc1nc2cc(F)c(F)cc2n2ccnc12. The Kier molecular flexibility index (Phi) is 1.95. The van der Waals surface area contributed by atoms with Crippen LogP contribution in [-0.2, 0) is 0 Å². The van der Waals surface area contributed by atoms with Gasteiger partial charge in [0.15, 0.2) is 17.3 Å². The molecule has 2 heterocycles. The molecule has 0 amide bonds. The van der Waals surface area contributed by atoms with Gasteiger partial charge in [0.05, 0.1) is 11.0 Å². The number of aromatic nitrogens is 3. The highest BCUT2D eigenvalue weighted by Crippen LogP contribution is 2.20. The van der Waals surface area contributed by atoms with Crippen LogP contribution < -0.4 is 0 Å². The van der Waals surface area contributed by atoms with Crippen LogP contribution in [0.2, 0.25) is 0 Å². The van der Waals surface area contributed by atoms with E-state index < -0.39 is 11.6 Å². The first kappa shape index (κ1) is 9.89. The lowest BCUT2D eigenvalue weighted by molar-refractivity contribution is 0.510. The maximum Gasteiger partial charge on any atom is 0.163 e. The van der Waals surface area contributed by atoms with Crippen molar-refractivity contribution in [1.29, 1.82) is 0 Å². The van der Waals surface area contributed by atoms with Crippen LogP contribution in [0.15, 0.2) is 31.1 Å². The Morgan fingerprint density at radius 3 is 2.76 bits per heavy atom. The van der Waals surface area contributed by atoms with Crippen LogP contribution in [0.3, 0.4) is 0 Å². The second-order valence-electron chi connectivity index (χ2n) is 3.58. The van der Waals surface area contributed by atoms with E-state index in [2.05, 4.69) is 16.5 Å². The highest BCUT2D eigenvalue weighted by Gasteiger charge is 2.10. The molecule has 0 saturated heterocycles. The van der Waals surface area contributed by atoms with Crippen molar-refractivity contribution in [2.45, 2.75) is 0 Å². The molecule has 0 aliphatic carbocycles. The molecule has 0 aliphatic rings. The first-order chi connectivity index (χ1) is 8.20. The molecule has 3 rings (SSSR count). The number of benzene rings is 1. The molecule has 1 aromatic carbocycles. The molecule has 84 valence electrons. The van der Waals surface area contributed by atoms with E-state index in [9.17, 15) is 8.78 Å². The van der Waals surface area contributed by atoms with Gasteiger partial charge in [0.1, 0.15) is 5.69 Å². The van der Waals surface area contributed by atoms with E-state index in [1.165, 1.54) is 6.08 Å². The van der Waals surface area contributed by atoms with Gasteiger partial charge in [0.2, 0.25) is 0 Å². The smallest absolute Gasteiger partial charge is 0.163 e. The number of halogens is 2. The van der Waals surface area contributed by atoms with Gasteiger partial charge < -0.3 is 0 Å². The van der Waals surface area contributed by atoms with Gasteiger partial charge in [-0.05, 0) is 6.08 Å². The Morgan fingerprint density at radius 1 is 1.24 bits per heavy atom. The number of imidazole rings is 1. The number of hydrogen-bond donors (Lipinski definition) is 0. The molecule has 0 bridgehead atoms. The van der Waals surface area contributed by atoms with E-state index in [0.29, 0.717) is 22.4 Å². The van der Waals surface area contributed by atoms with Gasteiger partial charge in [-0.2, -0.15) is 0 Å². The highest BCUT2D eigenvalue weighted by atomic mass is 19.2. The molecule has 3 nitrogen and oxygen atoms in total. The van der Waals surface area contributed by atoms with Gasteiger partial charge in [-0.25, -0.2) is 18.7 Å². The van der Waals surface area contributed by atoms with Gasteiger partial charge in [-0.1, -0.05) is 6.58 Å². The largest absolute Gasteiger partial charge is 0.296 e. The summed E-state index contributed by atoms with van der Waals surface area (Å²) in [5.74, 6) is -1.82. The van der Waals surface area contributed by atoms with Gasteiger partial charge >= 0.3 is 0 Å². The third-order valence-electron chi connectivity index (χ3n) is 2.58. The lowest BCUT2D eigenvalue weighted by Crippen LogP contribution is -1.97. The molecule has 0 spiro atoms. The molecule has 0 atom stereocenters. The van der Waals surface area contributed by atoms with E-state index in [-0.39, 0.29) is 0 Å². The average Bonchev–Trinajstić information content (AvgIpc) is 2.79. The van der Waals surface area contributed by atoms with Crippen LogP contribution in [-0.4, -0.2) is 14.4 Å². The molecule has 0 radical (unpaired) electrons. The van der Waals surface area contributed by atoms with E-state index in [1.807, 2.05) is 0 Å². The minimum absolute atomic E-state index is 0.365. The first-order valence-electron chi connectivity index (χ1n) is 4.95. The molecule has 2 aromatic heterocycles. The maximum atomic E-state index is 13.2. The summed E-state index contributed by atoms with van der Waals surface area (Å²) in [5, 5.41) is 0. The summed E-state index contributed by atoms with van der Waals surface area (Å²) in [7, 11) is 0. The predicted octanol–water partition coefficient (Wildman–Crippen LogP) is 2.80. The van der Waals surface area contributed by atoms with E-state index in [0.717, 1.165) is 12.1 Å². The quantitative estimate of drug-likeness (QED) is 0.644. The minimum atomic E-state index is -0.917. The molecule has 0 aliphatic heterocycles. The number of nitrogens with zero attached hydrogens (tertiary/aromatic N) is 3. The summed E-state index contributed by atoms with van der Waals surface area (Å²) in [6.07, 6.45) is 4.78. The average molecular weight is 231 g/mol. The van der Waals surface area contributed by atoms with Crippen molar-refractivity contribution in [3.63, 3.8) is 0 Å². The van der Waals surface area contributed by atoms with Crippen molar-refractivity contribution in [1.82, 2.24) is 14.4 Å². The fraction of sp³-hybridized carbons (Fsp3) is 0. The molecule has 5 heteroatoms. The summed E-state index contributed by atoms with van der Waals surface area (Å²) in [5.41, 5.74) is 1.94.